The third-order valence-corrected chi connectivity index (χ3v) is 2.01. The van der Waals surface area contributed by atoms with Gasteiger partial charge in [0.15, 0.2) is 11.1 Å². The highest BCUT2D eigenvalue weighted by molar-refractivity contribution is 7.80. The molecule has 1 aromatic carbocycles. The van der Waals surface area contributed by atoms with Gasteiger partial charge in [0.2, 0.25) is 0 Å². The Labute approximate surface area is 109 Å². The number of hydrogen-bond acceptors (Lipinski definition) is 4. The smallest absolute Gasteiger partial charge is 0.413 e. The lowest BCUT2D eigenvalue weighted by atomic mass is 10.3. The summed E-state index contributed by atoms with van der Waals surface area (Å²) in [6, 6.07) is 6.95. The second kappa shape index (κ2) is 6.40. The van der Waals surface area contributed by atoms with Crippen LogP contribution in [0.5, 0.6) is 0 Å². The Hall–Kier alpha value is -2.35. The number of para-hydroxylation sites is 2. The number of methoxy groups -OCH3 is 1. The fourth-order valence-corrected chi connectivity index (χ4v) is 1.31. The van der Waals surface area contributed by atoms with Crippen LogP contribution in [0, 0.1) is 0 Å². The molecule has 0 saturated carbocycles. The molecule has 0 atom stereocenters. The van der Waals surface area contributed by atoms with Crippen molar-refractivity contribution in [1.29, 1.82) is 0 Å². The van der Waals surface area contributed by atoms with Crippen LogP contribution < -0.4 is 22.1 Å². The predicted molar refractivity (Wildman–Crippen MR) is 73.7 cm³/mol. The van der Waals surface area contributed by atoms with E-state index in [9.17, 15) is 4.79 Å². The molecular formula is C10H13N5O2S. The van der Waals surface area contributed by atoms with Crippen LogP contribution in [0.15, 0.2) is 29.3 Å². The molecule has 6 N–H and O–H groups in total. The van der Waals surface area contributed by atoms with Gasteiger partial charge in [-0.25, -0.2) is 9.79 Å². The largest absolute Gasteiger partial charge is 0.453 e. The first kappa shape index (κ1) is 13.7. The third-order valence-electron chi connectivity index (χ3n) is 1.80. The minimum Gasteiger partial charge on any atom is -0.453 e. The Kier molecular flexibility index (Phi) is 4.88. The normalized spacial score (nSPS) is 9.17. The lowest BCUT2D eigenvalue weighted by Gasteiger charge is -2.10. The Morgan fingerprint density at radius 3 is 2.67 bits per heavy atom. The number of aliphatic imine (C=N–C) groups is 1. The molecule has 1 aromatic rings. The number of amides is 1. The van der Waals surface area contributed by atoms with Crippen molar-refractivity contribution in [3.05, 3.63) is 24.3 Å². The molecule has 18 heavy (non-hydrogen) atoms. The summed E-state index contributed by atoms with van der Waals surface area (Å²) in [5, 5.41) is 5.17. The van der Waals surface area contributed by atoms with E-state index >= 15 is 0 Å². The molecule has 8 heteroatoms. The first-order chi connectivity index (χ1) is 8.52. The number of benzene rings is 1. The fraction of sp³-hybridized carbons (Fsp3) is 0.100. The van der Waals surface area contributed by atoms with Gasteiger partial charge in [0.05, 0.1) is 18.5 Å². The van der Waals surface area contributed by atoms with E-state index in [0.717, 1.165) is 0 Å². The predicted octanol–water partition coefficient (Wildman–Crippen LogP) is 0.644. The molecule has 0 saturated heterocycles. The monoisotopic (exact) mass is 267 g/mol. The Balaban J connectivity index is 2.81. The molecule has 0 heterocycles. The number of guanidine groups is 1. The lowest BCUT2D eigenvalue weighted by molar-refractivity contribution is 0.177. The van der Waals surface area contributed by atoms with E-state index in [0.29, 0.717) is 11.4 Å². The maximum atomic E-state index is 10.9. The molecule has 0 radical (unpaired) electrons. The van der Waals surface area contributed by atoms with Crippen LogP contribution >= 0.6 is 12.2 Å². The summed E-state index contributed by atoms with van der Waals surface area (Å²) in [6.07, 6.45) is -0.660. The zero-order valence-electron chi connectivity index (χ0n) is 9.64. The molecule has 0 aromatic heterocycles. The molecule has 1 amide bonds. The number of carbonyl (C=O) groups is 1. The minimum atomic E-state index is -0.660. The van der Waals surface area contributed by atoms with Gasteiger partial charge >= 0.3 is 6.09 Å². The van der Waals surface area contributed by atoms with Crippen LogP contribution in [0.3, 0.4) is 0 Å². The van der Waals surface area contributed by atoms with E-state index in [2.05, 4.69) is 20.4 Å². The number of ether oxygens (including phenoxy) is 1. The summed E-state index contributed by atoms with van der Waals surface area (Å²) < 4.78 is 4.41. The van der Waals surface area contributed by atoms with Crippen LogP contribution in [0.1, 0.15) is 0 Å². The van der Waals surface area contributed by atoms with Gasteiger partial charge < -0.3 is 21.5 Å². The minimum absolute atomic E-state index is 0.0731. The van der Waals surface area contributed by atoms with E-state index < -0.39 is 6.09 Å². The van der Waals surface area contributed by atoms with Gasteiger partial charge in [-0.15, -0.1) is 0 Å². The molecule has 0 bridgehead atoms. The van der Waals surface area contributed by atoms with Gasteiger partial charge in [-0.3, -0.25) is 5.32 Å². The first-order valence-electron chi connectivity index (χ1n) is 4.87. The van der Waals surface area contributed by atoms with Crippen molar-refractivity contribution < 1.29 is 9.53 Å². The maximum Gasteiger partial charge on any atom is 0.413 e. The van der Waals surface area contributed by atoms with Gasteiger partial charge in [0.1, 0.15) is 0 Å². The van der Waals surface area contributed by atoms with Crippen LogP contribution in [-0.2, 0) is 4.74 Å². The molecule has 0 fully saturated rings. The maximum absolute atomic E-state index is 10.9. The Morgan fingerprint density at radius 2 is 2.06 bits per heavy atom. The van der Waals surface area contributed by atoms with E-state index in [4.69, 9.17) is 23.7 Å². The van der Waals surface area contributed by atoms with Gasteiger partial charge in [-0.2, -0.15) is 0 Å². The number of carbonyl (C=O) groups excluding carboxylic acids is 1. The van der Waals surface area contributed by atoms with Gasteiger partial charge in [-0.05, 0) is 24.4 Å². The van der Waals surface area contributed by atoms with Gasteiger partial charge in [0.25, 0.3) is 0 Å². The average Bonchev–Trinajstić information content (AvgIpc) is 2.30. The zero-order valence-corrected chi connectivity index (χ0v) is 10.5. The Bertz CT molecular complexity index is 485. The molecule has 0 aliphatic heterocycles. The number of anilines is 1. The van der Waals surface area contributed by atoms with Crippen molar-refractivity contribution in [2.75, 3.05) is 12.4 Å². The number of thiocarbonyl (C=S) groups is 1. The second-order valence-corrected chi connectivity index (χ2v) is 3.53. The van der Waals surface area contributed by atoms with Crippen molar-refractivity contribution in [3.8, 4) is 0 Å². The third kappa shape index (κ3) is 4.26. The number of nitrogens with zero attached hydrogens (tertiary/aromatic N) is 1. The summed E-state index contributed by atoms with van der Waals surface area (Å²) in [5.41, 5.74) is 11.7. The number of hydrogen-bond donors (Lipinski definition) is 4. The van der Waals surface area contributed by atoms with Crippen molar-refractivity contribution in [3.63, 3.8) is 0 Å². The fourth-order valence-electron chi connectivity index (χ4n) is 1.11. The van der Waals surface area contributed by atoms with Crippen molar-refractivity contribution in [2.24, 2.45) is 16.5 Å². The first-order valence-corrected chi connectivity index (χ1v) is 5.28. The number of alkyl carbamates (subject to hydrolysis) is 1. The molecule has 0 spiro atoms. The standard InChI is InChI=1S/C10H13N5O2S/c1-17-10(16)15-9(18)14-7-5-3-2-4-6(7)13-8(11)12/h2-5H,1H3,(H4,11,12,13)(H2,14,15,16,18). The molecule has 7 nitrogen and oxygen atoms in total. The number of rotatable bonds is 2. The van der Waals surface area contributed by atoms with Gasteiger partial charge in [0, 0.05) is 0 Å². The molecular weight excluding hydrogens is 254 g/mol. The van der Waals surface area contributed by atoms with Crippen LogP contribution in [-0.4, -0.2) is 24.3 Å². The molecule has 0 unspecified atom stereocenters. The van der Waals surface area contributed by atoms with Crippen molar-refractivity contribution in [1.82, 2.24) is 5.32 Å². The van der Waals surface area contributed by atoms with Gasteiger partial charge in [-0.1, -0.05) is 12.1 Å². The quantitative estimate of drug-likeness (QED) is 0.355. The van der Waals surface area contributed by atoms with Crippen LogP contribution in [0.25, 0.3) is 0 Å². The summed E-state index contributed by atoms with van der Waals surface area (Å²) in [7, 11) is 1.24. The highest BCUT2D eigenvalue weighted by Gasteiger charge is 2.06. The topological polar surface area (TPSA) is 115 Å². The van der Waals surface area contributed by atoms with E-state index in [1.807, 2.05) is 0 Å². The van der Waals surface area contributed by atoms with E-state index in [1.54, 1.807) is 24.3 Å². The molecule has 96 valence electrons. The number of nitrogens with two attached hydrogens (primary N) is 2. The Morgan fingerprint density at radius 1 is 1.39 bits per heavy atom. The highest BCUT2D eigenvalue weighted by Crippen LogP contribution is 2.23. The second-order valence-electron chi connectivity index (χ2n) is 3.12. The molecule has 0 aliphatic carbocycles. The summed E-state index contributed by atoms with van der Waals surface area (Å²) in [6.45, 7) is 0. The summed E-state index contributed by atoms with van der Waals surface area (Å²) >= 11 is 4.92. The van der Waals surface area contributed by atoms with Crippen molar-refractivity contribution >= 4 is 40.8 Å². The van der Waals surface area contributed by atoms with Crippen LogP contribution in [0.2, 0.25) is 0 Å². The van der Waals surface area contributed by atoms with E-state index in [1.165, 1.54) is 7.11 Å². The zero-order chi connectivity index (χ0) is 13.5. The molecule has 0 aliphatic rings. The lowest BCUT2D eigenvalue weighted by Crippen LogP contribution is -2.33. The average molecular weight is 267 g/mol. The summed E-state index contributed by atoms with van der Waals surface area (Å²) in [4.78, 5) is 14.9. The summed E-state index contributed by atoms with van der Waals surface area (Å²) in [5.74, 6) is -0.0731. The van der Waals surface area contributed by atoms with Crippen molar-refractivity contribution in [2.45, 2.75) is 0 Å². The molecule has 1 rings (SSSR count). The number of nitrogens with one attached hydrogen (secondary N) is 2. The van der Waals surface area contributed by atoms with Crippen LogP contribution in [0.4, 0.5) is 16.2 Å². The van der Waals surface area contributed by atoms with E-state index in [-0.39, 0.29) is 11.1 Å². The highest BCUT2D eigenvalue weighted by atomic mass is 32.1. The SMILES string of the molecule is COC(=O)NC(=S)Nc1ccccc1N=C(N)N.